The lowest BCUT2D eigenvalue weighted by atomic mass is 10.0. The molecular formula is C16H12ClF3N2O2. The van der Waals surface area contributed by atoms with Crippen molar-refractivity contribution in [2.75, 3.05) is 0 Å². The minimum absolute atomic E-state index is 0.00265. The molecule has 0 heterocycles. The molecule has 0 spiro atoms. The molecule has 1 atom stereocenters. The number of amides is 2. The number of rotatable bonds is 5. The molecule has 0 saturated carbocycles. The first-order valence-electron chi connectivity index (χ1n) is 6.77. The monoisotopic (exact) mass is 356 g/mol. The summed E-state index contributed by atoms with van der Waals surface area (Å²) in [6, 6.07) is 5.93. The molecule has 126 valence electrons. The molecule has 0 aliphatic heterocycles. The summed E-state index contributed by atoms with van der Waals surface area (Å²) < 4.78 is 40.1. The van der Waals surface area contributed by atoms with Crippen molar-refractivity contribution in [3.05, 3.63) is 70.0 Å². The van der Waals surface area contributed by atoms with Crippen LogP contribution < -0.4 is 11.1 Å². The van der Waals surface area contributed by atoms with Crippen molar-refractivity contribution in [2.45, 2.75) is 12.5 Å². The fraction of sp³-hybridized carbons (Fsp3) is 0.125. The first kappa shape index (κ1) is 17.8. The summed E-state index contributed by atoms with van der Waals surface area (Å²) in [4.78, 5) is 23.5. The molecule has 0 aromatic heterocycles. The summed E-state index contributed by atoms with van der Waals surface area (Å²) >= 11 is 5.75. The Bertz CT molecular complexity index is 758. The Hall–Kier alpha value is -2.54. The van der Waals surface area contributed by atoms with Gasteiger partial charge < -0.3 is 11.1 Å². The van der Waals surface area contributed by atoms with E-state index in [0.29, 0.717) is 22.7 Å². The van der Waals surface area contributed by atoms with Gasteiger partial charge in [-0.25, -0.2) is 13.2 Å². The Morgan fingerprint density at radius 3 is 2.12 bits per heavy atom. The Labute approximate surface area is 140 Å². The number of halogens is 4. The van der Waals surface area contributed by atoms with Crippen LogP contribution in [0.2, 0.25) is 5.02 Å². The summed E-state index contributed by atoms with van der Waals surface area (Å²) in [5, 5.41) is 2.63. The second-order valence-electron chi connectivity index (χ2n) is 5.00. The number of carbonyl (C=O) groups excluding carboxylic acids is 2. The largest absolute Gasteiger partial charge is 0.368 e. The van der Waals surface area contributed by atoms with E-state index in [-0.39, 0.29) is 6.42 Å². The number of nitrogens with one attached hydrogen (secondary N) is 1. The van der Waals surface area contributed by atoms with Gasteiger partial charge in [0.1, 0.15) is 29.1 Å². The molecule has 0 saturated heterocycles. The fourth-order valence-electron chi connectivity index (χ4n) is 2.07. The van der Waals surface area contributed by atoms with Crippen LogP contribution in [0.15, 0.2) is 36.4 Å². The minimum atomic E-state index is -1.38. The van der Waals surface area contributed by atoms with Gasteiger partial charge in [0.25, 0.3) is 5.91 Å². The van der Waals surface area contributed by atoms with Crippen LogP contribution in [-0.2, 0) is 11.2 Å². The number of nitrogens with two attached hydrogens (primary N) is 1. The van der Waals surface area contributed by atoms with Gasteiger partial charge in [-0.3, -0.25) is 9.59 Å². The second-order valence-corrected chi connectivity index (χ2v) is 5.44. The molecule has 2 amide bonds. The van der Waals surface area contributed by atoms with E-state index in [1.807, 2.05) is 0 Å². The lowest BCUT2D eigenvalue weighted by Crippen LogP contribution is -2.46. The van der Waals surface area contributed by atoms with E-state index < -0.39 is 40.9 Å². The molecule has 2 aromatic rings. The highest BCUT2D eigenvalue weighted by atomic mass is 35.5. The third-order valence-electron chi connectivity index (χ3n) is 3.24. The Balaban J connectivity index is 2.20. The number of benzene rings is 2. The maximum absolute atomic E-state index is 13.6. The first-order chi connectivity index (χ1) is 11.3. The van der Waals surface area contributed by atoms with Crippen molar-refractivity contribution in [3.63, 3.8) is 0 Å². The van der Waals surface area contributed by atoms with E-state index in [2.05, 4.69) is 5.32 Å². The van der Waals surface area contributed by atoms with E-state index in [4.69, 9.17) is 17.3 Å². The predicted octanol–water partition coefficient (Wildman–Crippen LogP) is 2.58. The molecule has 0 aliphatic carbocycles. The van der Waals surface area contributed by atoms with Gasteiger partial charge in [0.05, 0.1) is 0 Å². The zero-order valence-electron chi connectivity index (χ0n) is 12.2. The van der Waals surface area contributed by atoms with Crippen molar-refractivity contribution < 1.29 is 22.8 Å². The molecule has 2 aromatic carbocycles. The van der Waals surface area contributed by atoms with Crippen LogP contribution in [0.4, 0.5) is 13.2 Å². The quantitative estimate of drug-likeness (QED) is 0.864. The standard InChI is InChI=1S/C16H12ClF3N2O2/c17-9-3-1-8(2-4-9)5-13(15(21)23)22-16(24)14-11(19)6-10(18)7-12(14)20/h1-4,6-7,13H,5H2,(H2,21,23)(H,22,24)/t13-/m0/s1. The molecular weight excluding hydrogens is 345 g/mol. The number of hydrogen-bond acceptors (Lipinski definition) is 2. The Morgan fingerprint density at radius 2 is 1.62 bits per heavy atom. The molecule has 24 heavy (non-hydrogen) atoms. The summed E-state index contributed by atoms with van der Waals surface area (Å²) in [7, 11) is 0. The molecule has 0 radical (unpaired) electrons. The van der Waals surface area contributed by atoms with Crippen LogP contribution in [0.25, 0.3) is 0 Å². The molecule has 0 unspecified atom stereocenters. The van der Waals surface area contributed by atoms with Crippen molar-refractivity contribution in [3.8, 4) is 0 Å². The summed E-state index contributed by atoms with van der Waals surface area (Å²) in [6.45, 7) is 0. The maximum Gasteiger partial charge on any atom is 0.257 e. The van der Waals surface area contributed by atoms with Crippen molar-refractivity contribution in [1.29, 1.82) is 0 Å². The third kappa shape index (κ3) is 4.26. The average molecular weight is 357 g/mol. The molecule has 0 fully saturated rings. The van der Waals surface area contributed by atoms with Gasteiger partial charge in [-0.15, -0.1) is 0 Å². The number of primary amides is 1. The normalized spacial score (nSPS) is 11.8. The molecule has 2 rings (SSSR count). The van der Waals surface area contributed by atoms with E-state index in [1.165, 1.54) is 0 Å². The number of carbonyl (C=O) groups is 2. The van der Waals surface area contributed by atoms with Crippen molar-refractivity contribution >= 4 is 23.4 Å². The van der Waals surface area contributed by atoms with E-state index >= 15 is 0 Å². The molecule has 0 bridgehead atoms. The van der Waals surface area contributed by atoms with Crippen molar-refractivity contribution in [1.82, 2.24) is 5.32 Å². The SMILES string of the molecule is NC(=O)[C@H](Cc1ccc(Cl)cc1)NC(=O)c1c(F)cc(F)cc1F. The first-order valence-corrected chi connectivity index (χ1v) is 7.15. The van der Waals surface area contributed by atoms with E-state index in [9.17, 15) is 22.8 Å². The highest BCUT2D eigenvalue weighted by molar-refractivity contribution is 6.30. The van der Waals surface area contributed by atoms with Crippen LogP contribution in [-0.4, -0.2) is 17.9 Å². The van der Waals surface area contributed by atoms with E-state index in [0.717, 1.165) is 0 Å². The highest BCUT2D eigenvalue weighted by Gasteiger charge is 2.24. The van der Waals surface area contributed by atoms with Crippen LogP contribution in [0.5, 0.6) is 0 Å². The summed E-state index contributed by atoms with van der Waals surface area (Å²) in [5.41, 5.74) is 4.85. The lowest BCUT2D eigenvalue weighted by molar-refractivity contribution is -0.119. The highest BCUT2D eigenvalue weighted by Crippen LogP contribution is 2.16. The lowest BCUT2D eigenvalue weighted by Gasteiger charge is -2.16. The van der Waals surface area contributed by atoms with Gasteiger partial charge in [-0.1, -0.05) is 23.7 Å². The number of hydrogen-bond donors (Lipinski definition) is 2. The van der Waals surface area contributed by atoms with Crippen LogP contribution in [0.1, 0.15) is 15.9 Å². The molecule has 8 heteroatoms. The Kier molecular flexibility index (Phi) is 5.46. The molecule has 3 N–H and O–H groups in total. The zero-order chi connectivity index (χ0) is 17.9. The van der Waals surface area contributed by atoms with Gasteiger partial charge in [0.2, 0.25) is 5.91 Å². The second kappa shape index (κ2) is 7.35. The van der Waals surface area contributed by atoms with Crippen LogP contribution in [0.3, 0.4) is 0 Å². The van der Waals surface area contributed by atoms with Gasteiger partial charge in [0, 0.05) is 23.6 Å². The summed E-state index contributed by atoms with van der Waals surface area (Å²) in [5.74, 6) is -6.00. The topological polar surface area (TPSA) is 72.2 Å². The van der Waals surface area contributed by atoms with Crippen LogP contribution >= 0.6 is 11.6 Å². The van der Waals surface area contributed by atoms with Crippen LogP contribution in [0, 0.1) is 17.5 Å². The van der Waals surface area contributed by atoms with Gasteiger partial charge >= 0.3 is 0 Å². The average Bonchev–Trinajstić information content (AvgIpc) is 2.47. The predicted molar refractivity (Wildman–Crippen MR) is 81.9 cm³/mol. The summed E-state index contributed by atoms with van der Waals surface area (Å²) in [6.07, 6.45) is 0.00265. The fourth-order valence-corrected chi connectivity index (χ4v) is 2.19. The van der Waals surface area contributed by atoms with Gasteiger partial charge in [-0.05, 0) is 17.7 Å². The zero-order valence-corrected chi connectivity index (χ0v) is 12.9. The van der Waals surface area contributed by atoms with E-state index in [1.54, 1.807) is 24.3 Å². The van der Waals surface area contributed by atoms with Gasteiger partial charge in [-0.2, -0.15) is 0 Å². The van der Waals surface area contributed by atoms with Crippen molar-refractivity contribution in [2.24, 2.45) is 5.73 Å². The smallest absolute Gasteiger partial charge is 0.257 e. The third-order valence-corrected chi connectivity index (χ3v) is 3.49. The van der Waals surface area contributed by atoms with Gasteiger partial charge in [0.15, 0.2) is 0 Å². The molecule has 0 aliphatic rings. The molecule has 4 nitrogen and oxygen atoms in total. The Morgan fingerprint density at radius 1 is 1.08 bits per heavy atom. The maximum atomic E-state index is 13.6. The minimum Gasteiger partial charge on any atom is -0.368 e.